The second kappa shape index (κ2) is 6.12. The molecular weight excluding hydrogens is 234 g/mol. The second-order valence-electron chi connectivity index (χ2n) is 2.91. The van der Waals surface area contributed by atoms with Gasteiger partial charge in [-0.2, -0.15) is 8.42 Å². The lowest BCUT2D eigenvalue weighted by Gasteiger charge is -2.03. The fraction of sp³-hybridized carbons (Fsp3) is 0.333. The Balaban J connectivity index is 2.13. The van der Waals surface area contributed by atoms with E-state index in [0.29, 0.717) is 29.6 Å². The Bertz CT molecular complexity index is 378. The van der Waals surface area contributed by atoms with Gasteiger partial charge in [0.1, 0.15) is 0 Å². The van der Waals surface area contributed by atoms with Gasteiger partial charge in [0.25, 0.3) is 0 Å². The van der Waals surface area contributed by atoms with Gasteiger partial charge in [0.15, 0.2) is 0 Å². The predicted molar refractivity (Wildman–Crippen MR) is 62.2 cm³/mol. The summed E-state index contributed by atoms with van der Waals surface area (Å²) in [7, 11) is -3.36. The molecule has 2 N–H and O–H groups in total. The van der Waals surface area contributed by atoms with E-state index in [0.717, 1.165) is 5.56 Å². The maximum atomic E-state index is 10.4. The summed E-state index contributed by atoms with van der Waals surface area (Å²) in [5, 5.41) is 3.08. The standard InChI is InChI=1S/C9H13NO3S2/c11-15(12,13)14-7-6-10-8-9-4-2-1-3-5-9/h1-5,10H,6-8H2,(H,11,12,13). The van der Waals surface area contributed by atoms with Gasteiger partial charge in [-0.25, -0.2) is 0 Å². The van der Waals surface area contributed by atoms with Crippen LogP contribution in [0.4, 0.5) is 0 Å². The molecule has 0 unspecified atom stereocenters. The van der Waals surface area contributed by atoms with Crippen LogP contribution in [0.25, 0.3) is 0 Å². The minimum atomic E-state index is -3.89. The first-order valence-corrected chi connectivity index (χ1v) is 7.39. The van der Waals surface area contributed by atoms with Crippen molar-refractivity contribution in [2.45, 2.75) is 6.54 Å². The Morgan fingerprint density at radius 3 is 2.53 bits per heavy atom. The zero-order chi connectivity index (χ0) is 11.1. The molecular formula is C9H13NO3S2. The Labute approximate surface area is 93.2 Å². The molecule has 0 aromatic heterocycles. The fourth-order valence-corrected chi connectivity index (χ4v) is 2.37. The highest BCUT2D eigenvalue weighted by molar-refractivity contribution is 8.69. The first kappa shape index (κ1) is 12.5. The van der Waals surface area contributed by atoms with Gasteiger partial charge in [0.2, 0.25) is 0 Å². The SMILES string of the molecule is O=S(=O)(O)SCCNCc1ccccc1. The van der Waals surface area contributed by atoms with Crippen LogP contribution >= 0.6 is 10.8 Å². The minimum absolute atomic E-state index is 0.339. The maximum Gasteiger partial charge on any atom is 0.319 e. The van der Waals surface area contributed by atoms with Crippen LogP contribution in [0.2, 0.25) is 0 Å². The van der Waals surface area contributed by atoms with Crippen molar-refractivity contribution in [2.24, 2.45) is 0 Å². The first-order valence-electron chi connectivity index (χ1n) is 4.44. The molecule has 4 nitrogen and oxygen atoms in total. The molecule has 0 amide bonds. The summed E-state index contributed by atoms with van der Waals surface area (Å²) in [6, 6.07) is 9.82. The molecule has 0 bridgehead atoms. The van der Waals surface area contributed by atoms with Gasteiger partial charge in [-0.05, 0) is 16.4 Å². The molecule has 0 radical (unpaired) electrons. The topological polar surface area (TPSA) is 66.4 Å². The molecule has 0 aliphatic carbocycles. The lowest BCUT2D eigenvalue weighted by atomic mass is 10.2. The maximum absolute atomic E-state index is 10.4. The van der Waals surface area contributed by atoms with Gasteiger partial charge < -0.3 is 5.32 Å². The molecule has 15 heavy (non-hydrogen) atoms. The molecule has 0 aliphatic heterocycles. The number of rotatable bonds is 6. The Morgan fingerprint density at radius 1 is 1.27 bits per heavy atom. The van der Waals surface area contributed by atoms with E-state index in [1.165, 1.54) is 0 Å². The van der Waals surface area contributed by atoms with Crippen LogP contribution in [0.3, 0.4) is 0 Å². The molecule has 0 aliphatic rings. The second-order valence-corrected chi connectivity index (χ2v) is 6.38. The van der Waals surface area contributed by atoms with E-state index in [1.54, 1.807) is 0 Å². The number of nitrogens with one attached hydrogen (secondary N) is 1. The van der Waals surface area contributed by atoms with Gasteiger partial charge >= 0.3 is 9.15 Å². The van der Waals surface area contributed by atoms with Crippen LogP contribution in [0.5, 0.6) is 0 Å². The smallest absolute Gasteiger partial charge is 0.312 e. The highest BCUT2D eigenvalue weighted by Crippen LogP contribution is 2.07. The van der Waals surface area contributed by atoms with Crippen LogP contribution in [-0.4, -0.2) is 25.3 Å². The average molecular weight is 247 g/mol. The summed E-state index contributed by atoms with van der Waals surface area (Å²) in [5.74, 6) is 0.339. The highest BCUT2D eigenvalue weighted by atomic mass is 33.1. The van der Waals surface area contributed by atoms with Gasteiger partial charge in [-0.15, -0.1) is 0 Å². The highest BCUT2D eigenvalue weighted by Gasteiger charge is 2.03. The van der Waals surface area contributed by atoms with Crippen molar-refractivity contribution in [3.05, 3.63) is 35.9 Å². The average Bonchev–Trinajstić information content (AvgIpc) is 2.17. The number of hydrogen-bond acceptors (Lipinski definition) is 4. The summed E-state index contributed by atoms with van der Waals surface area (Å²) in [4.78, 5) is 0. The van der Waals surface area contributed by atoms with Gasteiger partial charge in [-0.3, -0.25) is 4.55 Å². The molecule has 0 saturated heterocycles. The Hall–Kier alpha value is -0.560. The zero-order valence-electron chi connectivity index (χ0n) is 8.09. The number of hydrogen-bond donors (Lipinski definition) is 2. The van der Waals surface area contributed by atoms with Crippen molar-refractivity contribution < 1.29 is 13.0 Å². The summed E-state index contributed by atoms with van der Waals surface area (Å²) in [6.07, 6.45) is 0. The number of benzene rings is 1. The van der Waals surface area contributed by atoms with Crippen molar-refractivity contribution in [3.8, 4) is 0 Å². The molecule has 0 spiro atoms. The largest absolute Gasteiger partial charge is 0.319 e. The van der Waals surface area contributed by atoms with Crippen LogP contribution in [0.15, 0.2) is 30.3 Å². The van der Waals surface area contributed by atoms with E-state index < -0.39 is 9.15 Å². The molecule has 6 heteroatoms. The first-order chi connectivity index (χ1) is 7.08. The molecule has 0 heterocycles. The third-order valence-corrected chi connectivity index (χ3v) is 3.75. The van der Waals surface area contributed by atoms with E-state index in [-0.39, 0.29) is 0 Å². The van der Waals surface area contributed by atoms with Crippen LogP contribution in [-0.2, 0) is 15.7 Å². The van der Waals surface area contributed by atoms with E-state index >= 15 is 0 Å². The normalized spacial score (nSPS) is 11.5. The van der Waals surface area contributed by atoms with E-state index in [9.17, 15) is 8.42 Å². The summed E-state index contributed by atoms with van der Waals surface area (Å²) >= 11 is 0. The van der Waals surface area contributed by atoms with Crippen molar-refractivity contribution in [3.63, 3.8) is 0 Å². The van der Waals surface area contributed by atoms with Gasteiger partial charge in [0.05, 0.1) is 0 Å². The van der Waals surface area contributed by atoms with E-state index in [1.807, 2.05) is 30.3 Å². The third-order valence-electron chi connectivity index (χ3n) is 1.68. The molecule has 0 saturated carbocycles. The fourth-order valence-electron chi connectivity index (χ4n) is 1.05. The quantitative estimate of drug-likeness (QED) is 0.451. The Morgan fingerprint density at radius 2 is 1.93 bits per heavy atom. The lowest BCUT2D eigenvalue weighted by Crippen LogP contribution is -2.17. The Kier molecular flexibility index (Phi) is 5.10. The van der Waals surface area contributed by atoms with E-state index in [4.69, 9.17) is 4.55 Å². The molecule has 1 aromatic rings. The van der Waals surface area contributed by atoms with Crippen molar-refractivity contribution in [1.29, 1.82) is 0 Å². The van der Waals surface area contributed by atoms with Crippen LogP contribution < -0.4 is 5.32 Å². The van der Waals surface area contributed by atoms with Gasteiger partial charge in [0, 0.05) is 18.8 Å². The van der Waals surface area contributed by atoms with Crippen molar-refractivity contribution in [2.75, 3.05) is 12.3 Å². The van der Waals surface area contributed by atoms with Crippen LogP contribution in [0.1, 0.15) is 5.56 Å². The van der Waals surface area contributed by atoms with Gasteiger partial charge in [-0.1, -0.05) is 30.3 Å². The molecule has 0 fully saturated rings. The van der Waals surface area contributed by atoms with Crippen molar-refractivity contribution >= 4 is 19.9 Å². The van der Waals surface area contributed by atoms with Crippen LogP contribution in [0, 0.1) is 0 Å². The third kappa shape index (κ3) is 6.51. The molecule has 84 valence electrons. The van der Waals surface area contributed by atoms with E-state index in [2.05, 4.69) is 5.32 Å². The molecule has 1 rings (SSSR count). The zero-order valence-corrected chi connectivity index (χ0v) is 9.72. The summed E-state index contributed by atoms with van der Waals surface area (Å²) in [6.45, 7) is 1.24. The lowest BCUT2D eigenvalue weighted by molar-refractivity contribution is 0.503. The monoisotopic (exact) mass is 247 g/mol. The molecule has 0 atom stereocenters. The minimum Gasteiger partial charge on any atom is -0.312 e. The summed E-state index contributed by atoms with van der Waals surface area (Å²) < 4.78 is 29.2. The molecule has 1 aromatic carbocycles. The predicted octanol–water partition coefficient (Wildman–Crippen LogP) is 1.31. The summed E-state index contributed by atoms with van der Waals surface area (Å²) in [5.41, 5.74) is 1.15. The van der Waals surface area contributed by atoms with Crippen molar-refractivity contribution in [1.82, 2.24) is 5.32 Å².